The van der Waals surface area contributed by atoms with Gasteiger partial charge in [-0.15, -0.1) is 0 Å². The standard InChI is InChI=1S/C27H18F6O4/c28-26(29,30)25(27(31,32)33,17-7-11-21(12-8-17)36-23-5-1-3-19(34)15-23)18-9-13-22(14-10-18)37-24-6-2-4-20(35)16-24/h1-16,34-35H. The molecule has 4 aromatic rings. The third-order valence-electron chi connectivity index (χ3n) is 5.53. The average molecular weight is 520 g/mol. The molecule has 0 unspecified atom stereocenters. The minimum Gasteiger partial charge on any atom is -0.508 e. The fourth-order valence-corrected chi connectivity index (χ4v) is 3.89. The molecule has 0 aliphatic heterocycles. The maximum Gasteiger partial charge on any atom is 0.411 e. The van der Waals surface area contributed by atoms with Gasteiger partial charge in [0.1, 0.15) is 34.5 Å². The van der Waals surface area contributed by atoms with Crippen molar-refractivity contribution in [3.8, 4) is 34.5 Å². The molecule has 0 atom stereocenters. The number of phenolic OH excluding ortho intramolecular Hbond substituents is 2. The molecule has 0 aromatic heterocycles. The van der Waals surface area contributed by atoms with Crippen molar-refractivity contribution >= 4 is 0 Å². The van der Waals surface area contributed by atoms with Crippen LogP contribution in [0.3, 0.4) is 0 Å². The van der Waals surface area contributed by atoms with E-state index >= 15 is 0 Å². The van der Waals surface area contributed by atoms with Crippen molar-refractivity contribution < 1.29 is 46.0 Å². The Bertz CT molecular complexity index is 1260. The highest BCUT2D eigenvalue weighted by Gasteiger charge is 2.72. The van der Waals surface area contributed by atoms with Gasteiger partial charge in [-0.1, -0.05) is 36.4 Å². The van der Waals surface area contributed by atoms with E-state index in [9.17, 15) is 36.6 Å². The van der Waals surface area contributed by atoms with Crippen LogP contribution in [0.1, 0.15) is 11.1 Å². The number of ether oxygens (including phenoxy) is 2. The van der Waals surface area contributed by atoms with E-state index in [1.165, 1.54) is 48.5 Å². The van der Waals surface area contributed by atoms with Crippen LogP contribution < -0.4 is 9.47 Å². The fourth-order valence-electron chi connectivity index (χ4n) is 3.89. The molecule has 4 aromatic carbocycles. The predicted molar refractivity (Wildman–Crippen MR) is 122 cm³/mol. The van der Waals surface area contributed by atoms with Crippen LogP contribution >= 0.6 is 0 Å². The Labute approximate surface area is 207 Å². The smallest absolute Gasteiger partial charge is 0.411 e. The van der Waals surface area contributed by atoms with E-state index < -0.39 is 28.9 Å². The topological polar surface area (TPSA) is 58.9 Å². The Hall–Kier alpha value is -4.34. The van der Waals surface area contributed by atoms with Crippen LogP contribution in [0, 0.1) is 0 Å². The van der Waals surface area contributed by atoms with Crippen molar-refractivity contribution in [1.29, 1.82) is 0 Å². The zero-order valence-corrected chi connectivity index (χ0v) is 18.7. The van der Waals surface area contributed by atoms with Crippen LogP contribution in [0.4, 0.5) is 26.3 Å². The van der Waals surface area contributed by atoms with Gasteiger partial charge >= 0.3 is 12.4 Å². The average Bonchev–Trinajstić information content (AvgIpc) is 2.80. The van der Waals surface area contributed by atoms with Gasteiger partial charge in [-0.05, 0) is 59.7 Å². The molecule has 0 amide bonds. The highest BCUT2D eigenvalue weighted by Crippen LogP contribution is 2.56. The van der Waals surface area contributed by atoms with Gasteiger partial charge in [0.15, 0.2) is 0 Å². The molecule has 10 heteroatoms. The molecule has 0 fully saturated rings. The molecule has 0 saturated carbocycles. The second-order valence-corrected chi connectivity index (χ2v) is 7.99. The van der Waals surface area contributed by atoms with Gasteiger partial charge in [0.25, 0.3) is 0 Å². The lowest BCUT2D eigenvalue weighted by Gasteiger charge is -2.38. The van der Waals surface area contributed by atoms with E-state index in [1.54, 1.807) is 0 Å². The van der Waals surface area contributed by atoms with E-state index in [4.69, 9.17) is 9.47 Å². The summed E-state index contributed by atoms with van der Waals surface area (Å²) in [5.74, 6) is -0.0107. The Morgan fingerprint density at radius 2 is 0.811 bits per heavy atom. The number of hydrogen-bond donors (Lipinski definition) is 2. The van der Waals surface area contributed by atoms with Crippen molar-refractivity contribution in [2.45, 2.75) is 17.8 Å². The molecule has 0 aliphatic rings. The van der Waals surface area contributed by atoms with Crippen molar-refractivity contribution in [3.63, 3.8) is 0 Å². The lowest BCUT2D eigenvalue weighted by Crippen LogP contribution is -2.54. The van der Waals surface area contributed by atoms with Crippen molar-refractivity contribution in [2.75, 3.05) is 0 Å². The molecule has 0 saturated heterocycles. The minimum atomic E-state index is -5.76. The van der Waals surface area contributed by atoms with Gasteiger partial charge in [0.2, 0.25) is 5.41 Å². The highest BCUT2D eigenvalue weighted by molar-refractivity contribution is 5.48. The number of halogens is 6. The highest BCUT2D eigenvalue weighted by atomic mass is 19.4. The SMILES string of the molecule is Oc1cccc(Oc2ccc(C(c3ccc(Oc4cccc(O)c4)cc3)(C(F)(F)F)C(F)(F)F)cc2)c1. The third-order valence-corrected chi connectivity index (χ3v) is 5.53. The van der Waals surface area contributed by atoms with Crippen LogP contribution in [0.25, 0.3) is 0 Å². The van der Waals surface area contributed by atoms with E-state index in [0.717, 1.165) is 24.3 Å². The first-order valence-electron chi connectivity index (χ1n) is 10.7. The number of phenols is 2. The normalized spacial score (nSPS) is 12.3. The van der Waals surface area contributed by atoms with Crippen LogP contribution in [0.2, 0.25) is 0 Å². The molecule has 4 rings (SSSR count). The number of benzene rings is 4. The second kappa shape index (κ2) is 9.61. The maximum atomic E-state index is 14.4. The Morgan fingerprint density at radius 3 is 1.11 bits per heavy atom. The summed E-state index contributed by atoms with van der Waals surface area (Å²) in [6.07, 6.45) is -11.5. The predicted octanol–water partition coefficient (Wildman–Crippen LogP) is 8.09. The van der Waals surface area contributed by atoms with Crippen LogP contribution in [0.5, 0.6) is 34.5 Å². The summed E-state index contributed by atoms with van der Waals surface area (Å²) < 4.78 is 97.2. The fraction of sp³-hybridized carbons (Fsp3) is 0.111. The summed E-state index contributed by atoms with van der Waals surface area (Å²) in [4.78, 5) is 0. The van der Waals surface area contributed by atoms with E-state index in [2.05, 4.69) is 0 Å². The number of hydrogen-bond acceptors (Lipinski definition) is 4. The van der Waals surface area contributed by atoms with E-state index in [0.29, 0.717) is 24.3 Å². The summed E-state index contributed by atoms with van der Waals surface area (Å²) in [6, 6.07) is 17.9. The lowest BCUT2D eigenvalue weighted by molar-refractivity contribution is -0.288. The maximum absolute atomic E-state index is 14.4. The quantitative estimate of drug-likeness (QED) is 0.252. The first kappa shape index (κ1) is 25.7. The number of alkyl halides is 6. The van der Waals surface area contributed by atoms with Crippen LogP contribution in [-0.4, -0.2) is 22.6 Å². The molecule has 192 valence electrons. The first-order valence-corrected chi connectivity index (χ1v) is 10.7. The molecular formula is C27H18F6O4. The zero-order chi connectivity index (χ0) is 26.8. The van der Waals surface area contributed by atoms with Gasteiger partial charge in [-0.25, -0.2) is 0 Å². The summed E-state index contributed by atoms with van der Waals surface area (Å²) in [7, 11) is 0. The van der Waals surface area contributed by atoms with Gasteiger partial charge in [0, 0.05) is 12.1 Å². The van der Waals surface area contributed by atoms with Gasteiger partial charge < -0.3 is 19.7 Å². The second-order valence-electron chi connectivity index (χ2n) is 7.99. The molecule has 4 nitrogen and oxygen atoms in total. The minimum absolute atomic E-state index is 0.0255. The van der Waals surface area contributed by atoms with E-state index in [1.807, 2.05) is 0 Å². The number of rotatable bonds is 6. The molecule has 0 radical (unpaired) electrons. The molecular weight excluding hydrogens is 502 g/mol. The zero-order valence-electron chi connectivity index (χ0n) is 18.7. The monoisotopic (exact) mass is 520 g/mol. The summed E-state index contributed by atoms with van der Waals surface area (Å²) in [6.45, 7) is 0. The third kappa shape index (κ3) is 5.13. The Morgan fingerprint density at radius 1 is 0.459 bits per heavy atom. The Balaban J connectivity index is 1.73. The molecule has 2 N–H and O–H groups in total. The van der Waals surface area contributed by atoms with Crippen LogP contribution in [0.15, 0.2) is 97.1 Å². The van der Waals surface area contributed by atoms with Crippen molar-refractivity contribution in [3.05, 3.63) is 108 Å². The Kier molecular flexibility index (Phi) is 6.68. The summed E-state index contributed by atoms with van der Waals surface area (Å²) in [5, 5.41) is 19.0. The molecule has 0 heterocycles. The van der Waals surface area contributed by atoms with Gasteiger partial charge in [0.05, 0.1) is 0 Å². The van der Waals surface area contributed by atoms with Gasteiger partial charge in [-0.3, -0.25) is 0 Å². The summed E-state index contributed by atoms with van der Waals surface area (Å²) >= 11 is 0. The molecule has 37 heavy (non-hydrogen) atoms. The van der Waals surface area contributed by atoms with Crippen LogP contribution in [-0.2, 0) is 5.41 Å². The van der Waals surface area contributed by atoms with Gasteiger partial charge in [-0.2, -0.15) is 26.3 Å². The number of aromatic hydroxyl groups is 2. The lowest BCUT2D eigenvalue weighted by atomic mass is 9.73. The summed E-state index contributed by atoms with van der Waals surface area (Å²) in [5.41, 5.74) is -6.46. The van der Waals surface area contributed by atoms with Crippen molar-refractivity contribution in [1.82, 2.24) is 0 Å². The molecule has 0 bridgehead atoms. The first-order chi connectivity index (χ1) is 17.4. The van der Waals surface area contributed by atoms with Crippen molar-refractivity contribution in [2.24, 2.45) is 0 Å². The molecule has 0 spiro atoms. The largest absolute Gasteiger partial charge is 0.508 e. The molecule has 0 aliphatic carbocycles. The van der Waals surface area contributed by atoms with E-state index in [-0.39, 0.29) is 34.5 Å².